The highest BCUT2D eigenvalue weighted by Crippen LogP contribution is 2.36. The van der Waals surface area contributed by atoms with Crippen LogP contribution in [0.15, 0.2) is 35.5 Å². The number of carbonyl (C=O) groups excluding carboxylic acids is 1. The Morgan fingerprint density at radius 1 is 1.39 bits per heavy atom. The SMILES string of the molecule is CC1=CC(SCCC(=O)OCC2=CCCC=C2)C(C(C)C)CC1. The van der Waals surface area contributed by atoms with Crippen LogP contribution in [0.3, 0.4) is 0 Å². The summed E-state index contributed by atoms with van der Waals surface area (Å²) in [5, 5.41) is 0.556. The van der Waals surface area contributed by atoms with E-state index in [2.05, 4.69) is 45.1 Å². The highest BCUT2D eigenvalue weighted by atomic mass is 32.2. The highest BCUT2D eigenvalue weighted by Gasteiger charge is 2.26. The van der Waals surface area contributed by atoms with Crippen LogP contribution in [0.4, 0.5) is 0 Å². The van der Waals surface area contributed by atoms with E-state index < -0.39 is 0 Å². The molecule has 0 amide bonds. The van der Waals surface area contributed by atoms with Gasteiger partial charge in [-0.25, -0.2) is 0 Å². The summed E-state index contributed by atoms with van der Waals surface area (Å²) >= 11 is 1.92. The molecular formula is C20H30O2S. The molecule has 0 heterocycles. The van der Waals surface area contributed by atoms with Crippen LogP contribution in [-0.2, 0) is 9.53 Å². The molecule has 0 bridgehead atoms. The van der Waals surface area contributed by atoms with E-state index in [1.165, 1.54) is 18.4 Å². The number of ether oxygens (including phenoxy) is 1. The van der Waals surface area contributed by atoms with Gasteiger partial charge in [-0.2, -0.15) is 11.8 Å². The maximum atomic E-state index is 11.9. The van der Waals surface area contributed by atoms with Crippen LogP contribution in [0, 0.1) is 11.8 Å². The minimum absolute atomic E-state index is 0.0741. The van der Waals surface area contributed by atoms with Crippen LogP contribution < -0.4 is 0 Å². The third kappa shape index (κ3) is 6.21. The zero-order chi connectivity index (χ0) is 16.7. The van der Waals surface area contributed by atoms with E-state index in [1.807, 2.05) is 11.8 Å². The topological polar surface area (TPSA) is 26.3 Å². The molecule has 0 aliphatic heterocycles. The van der Waals surface area contributed by atoms with Crippen LogP contribution in [0.25, 0.3) is 0 Å². The minimum Gasteiger partial charge on any atom is -0.461 e. The summed E-state index contributed by atoms with van der Waals surface area (Å²) in [6.07, 6.45) is 14.0. The summed E-state index contributed by atoms with van der Waals surface area (Å²) in [5.41, 5.74) is 2.63. The highest BCUT2D eigenvalue weighted by molar-refractivity contribution is 8.00. The molecule has 0 aromatic heterocycles. The third-order valence-corrected chi connectivity index (χ3v) is 6.00. The summed E-state index contributed by atoms with van der Waals surface area (Å²) in [5.74, 6) is 2.21. The Labute approximate surface area is 145 Å². The molecule has 2 nitrogen and oxygen atoms in total. The fourth-order valence-electron chi connectivity index (χ4n) is 3.22. The van der Waals surface area contributed by atoms with E-state index in [-0.39, 0.29) is 5.97 Å². The molecule has 0 aromatic rings. The van der Waals surface area contributed by atoms with E-state index in [0.29, 0.717) is 24.2 Å². The van der Waals surface area contributed by atoms with Crippen molar-refractivity contribution in [3.8, 4) is 0 Å². The lowest BCUT2D eigenvalue weighted by Gasteiger charge is -2.32. The fourth-order valence-corrected chi connectivity index (χ4v) is 4.80. The summed E-state index contributed by atoms with van der Waals surface area (Å²) in [6.45, 7) is 7.28. The zero-order valence-corrected chi connectivity index (χ0v) is 15.5. The standard InChI is InChI=1S/C20H30O2S/c1-15(2)18-10-9-16(3)13-19(18)23-12-11-20(21)22-14-17-7-5-4-6-8-17/h5,7-8,13,15,18-19H,4,6,9-12,14H2,1-3H3. The van der Waals surface area contributed by atoms with Gasteiger partial charge in [0.25, 0.3) is 0 Å². The third-order valence-electron chi connectivity index (χ3n) is 4.69. The Kier molecular flexibility index (Phi) is 7.48. The average molecular weight is 335 g/mol. The predicted molar refractivity (Wildman–Crippen MR) is 99.6 cm³/mol. The van der Waals surface area contributed by atoms with Crippen molar-refractivity contribution < 1.29 is 9.53 Å². The van der Waals surface area contributed by atoms with Gasteiger partial charge in [-0.15, -0.1) is 0 Å². The molecule has 0 saturated heterocycles. The van der Waals surface area contributed by atoms with E-state index in [9.17, 15) is 4.79 Å². The maximum Gasteiger partial charge on any atom is 0.306 e. The minimum atomic E-state index is -0.0741. The normalized spacial score (nSPS) is 24.3. The van der Waals surface area contributed by atoms with Gasteiger partial charge in [0, 0.05) is 11.0 Å². The van der Waals surface area contributed by atoms with Gasteiger partial charge in [-0.1, -0.05) is 43.7 Å². The molecule has 2 aliphatic rings. The first-order valence-corrected chi connectivity index (χ1v) is 9.91. The number of thioether (sulfide) groups is 1. The molecule has 2 unspecified atom stereocenters. The van der Waals surface area contributed by atoms with Gasteiger partial charge in [-0.05, 0) is 50.0 Å². The Morgan fingerprint density at radius 2 is 2.22 bits per heavy atom. The molecule has 0 N–H and O–H groups in total. The van der Waals surface area contributed by atoms with E-state index in [0.717, 1.165) is 30.1 Å². The smallest absolute Gasteiger partial charge is 0.306 e. The van der Waals surface area contributed by atoms with Crippen LogP contribution in [0.2, 0.25) is 0 Å². The second-order valence-electron chi connectivity index (χ2n) is 6.96. The number of esters is 1. The number of allylic oxidation sites excluding steroid dienone is 3. The first-order chi connectivity index (χ1) is 11.1. The van der Waals surface area contributed by atoms with Gasteiger partial charge in [0.1, 0.15) is 6.61 Å². The first-order valence-electron chi connectivity index (χ1n) is 8.86. The number of carbonyl (C=O) groups is 1. The van der Waals surface area contributed by atoms with Gasteiger partial charge in [0.15, 0.2) is 0 Å². The van der Waals surface area contributed by atoms with Crippen molar-refractivity contribution in [2.24, 2.45) is 11.8 Å². The van der Waals surface area contributed by atoms with Gasteiger partial charge >= 0.3 is 5.97 Å². The van der Waals surface area contributed by atoms with Gasteiger partial charge < -0.3 is 4.74 Å². The molecule has 128 valence electrons. The monoisotopic (exact) mass is 334 g/mol. The number of hydrogen-bond acceptors (Lipinski definition) is 3. The molecule has 2 aliphatic carbocycles. The zero-order valence-electron chi connectivity index (χ0n) is 14.7. The molecule has 0 spiro atoms. The van der Waals surface area contributed by atoms with Crippen LogP contribution >= 0.6 is 11.8 Å². The van der Waals surface area contributed by atoms with E-state index >= 15 is 0 Å². The van der Waals surface area contributed by atoms with Gasteiger partial charge in [0.2, 0.25) is 0 Å². The van der Waals surface area contributed by atoms with Crippen molar-refractivity contribution in [2.75, 3.05) is 12.4 Å². The molecule has 2 atom stereocenters. The van der Waals surface area contributed by atoms with Crippen LogP contribution in [-0.4, -0.2) is 23.6 Å². The summed E-state index contributed by atoms with van der Waals surface area (Å²) < 4.78 is 5.38. The Balaban J connectivity index is 1.70. The molecule has 0 aromatic carbocycles. The molecule has 0 radical (unpaired) electrons. The average Bonchev–Trinajstić information content (AvgIpc) is 2.54. The Morgan fingerprint density at radius 3 is 2.91 bits per heavy atom. The molecule has 2 rings (SSSR count). The first kappa shape index (κ1) is 18.4. The van der Waals surface area contributed by atoms with Crippen LogP contribution in [0.1, 0.15) is 52.9 Å². The molecule has 0 saturated carbocycles. The van der Waals surface area contributed by atoms with Crippen molar-refractivity contribution in [1.82, 2.24) is 0 Å². The largest absolute Gasteiger partial charge is 0.461 e. The number of hydrogen-bond donors (Lipinski definition) is 0. The lowest BCUT2D eigenvalue weighted by molar-refractivity contribution is -0.142. The molecule has 0 fully saturated rings. The van der Waals surface area contributed by atoms with Crippen LogP contribution in [0.5, 0.6) is 0 Å². The lowest BCUT2D eigenvalue weighted by atomic mass is 9.82. The lowest BCUT2D eigenvalue weighted by Crippen LogP contribution is -2.25. The quantitative estimate of drug-likeness (QED) is 0.466. The Hall–Kier alpha value is -0.960. The predicted octanol–water partition coefficient (Wildman–Crippen LogP) is 5.31. The van der Waals surface area contributed by atoms with Crippen molar-refractivity contribution in [3.05, 3.63) is 35.5 Å². The summed E-state index contributed by atoms with van der Waals surface area (Å²) in [4.78, 5) is 11.9. The van der Waals surface area contributed by atoms with Crippen molar-refractivity contribution in [2.45, 2.75) is 58.1 Å². The molecule has 3 heteroatoms. The number of rotatable bonds is 7. The van der Waals surface area contributed by atoms with Crippen molar-refractivity contribution in [3.63, 3.8) is 0 Å². The maximum absolute atomic E-state index is 11.9. The van der Waals surface area contributed by atoms with E-state index in [4.69, 9.17) is 4.74 Å². The molecular weight excluding hydrogens is 304 g/mol. The second-order valence-corrected chi connectivity index (χ2v) is 8.25. The Bertz CT molecular complexity index is 488. The van der Waals surface area contributed by atoms with Crippen molar-refractivity contribution in [1.29, 1.82) is 0 Å². The summed E-state index contributed by atoms with van der Waals surface area (Å²) in [6, 6.07) is 0. The fraction of sp³-hybridized carbons (Fsp3) is 0.650. The van der Waals surface area contributed by atoms with E-state index in [1.54, 1.807) is 0 Å². The summed E-state index contributed by atoms with van der Waals surface area (Å²) in [7, 11) is 0. The van der Waals surface area contributed by atoms with Crippen molar-refractivity contribution >= 4 is 17.7 Å². The van der Waals surface area contributed by atoms with Gasteiger partial charge in [-0.3, -0.25) is 4.79 Å². The van der Waals surface area contributed by atoms with Gasteiger partial charge in [0.05, 0.1) is 6.42 Å². The molecule has 23 heavy (non-hydrogen) atoms. The second kappa shape index (κ2) is 9.36.